The fourth-order valence-electron chi connectivity index (χ4n) is 2.25. The second-order valence-electron chi connectivity index (χ2n) is 4.85. The van der Waals surface area contributed by atoms with Crippen LogP contribution in [0.2, 0.25) is 0 Å². The Labute approximate surface area is 127 Å². The number of pyridine rings is 1. The number of thioether (sulfide) groups is 1. The zero-order valence-electron chi connectivity index (χ0n) is 11.6. The van der Waals surface area contributed by atoms with E-state index in [1.165, 1.54) is 11.8 Å². The molecule has 0 spiro atoms. The van der Waals surface area contributed by atoms with E-state index in [0.717, 1.165) is 0 Å². The molecule has 1 saturated heterocycles. The fourth-order valence-corrected chi connectivity index (χ4v) is 3.07. The van der Waals surface area contributed by atoms with E-state index in [1.54, 1.807) is 23.2 Å². The molecule has 0 radical (unpaired) electrons. The summed E-state index contributed by atoms with van der Waals surface area (Å²) in [6, 6.07) is 3.52. The van der Waals surface area contributed by atoms with Gasteiger partial charge in [-0.3, -0.25) is 15.0 Å². The van der Waals surface area contributed by atoms with Crippen LogP contribution in [0.5, 0.6) is 0 Å². The second kappa shape index (κ2) is 7.28. The highest BCUT2D eigenvalue weighted by atomic mass is 32.2. The molecule has 0 bridgehead atoms. The molecule has 0 aromatic carbocycles. The van der Waals surface area contributed by atoms with Gasteiger partial charge in [0, 0.05) is 25.2 Å². The average molecular weight is 309 g/mol. The van der Waals surface area contributed by atoms with Gasteiger partial charge in [-0.15, -0.1) is 0 Å². The Balaban J connectivity index is 1.80. The summed E-state index contributed by atoms with van der Waals surface area (Å²) in [5.74, 6) is 5.21. The summed E-state index contributed by atoms with van der Waals surface area (Å²) in [6.07, 6.45) is 2.94. The summed E-state index contributed by atoms with van der Waals surface area (Å²) in [7, 11) is 0. The molecule has 8 heteroatoms. The molecule has 5 N–H and O–H groups in total. The molecule has 1 aliphatic rings. The van der Waals surface area contributed by atoms with E-state index < -0.39 is 0 Å². The lowest BCUT2D eigenvalue weighted by molar-refractivity contribution is -0.133. The Hall–Kier alpha value is -1.80. The molecule has 1 fully saturated rings. The Bertz CT molecular complexity index is 517. The van der Waals surface area contributed by atoms with Crippen molar-refractivity contribution in [2.75, 3.05) is 24.6 Å². The maximum Gasteiger partial charge on any atom is 0.237 e. The minimum atomic E-state index is -0.155. The molecule has 7 nitrogen and oxygen atoms in total. The number of amides is 2. The summed E-state index contributed by atoms with van der Waals surface area (Å²) in [6.45, 7) is 1.16. The molecule has 0 atom stereocenters. The molecule has 1 aromatic heterocycles. The van der Waals surface area contributed by atoms with Crippen LogP contribution in [0.25, 0.3) is 0 Å². The largest absolute Gasteiger partial charge is 0.397 e. The number of nitrogens with zero attached hydrogens (tertiary/aromatic N) is 2. The van der Waals surface area contributed by atoms with Gasteiger partial charge in [0.25, 0.3) is 0 Å². The number of likely N-dealkylation sites (tertiary alicyclic amines) is 1. The van der Waals surface area contributed by atoms with Crippen molar-refractivity contribution in [3.05, 3.63) is 18.3 Å². The van der Waals surface area contributed by atoms with Gasteiger partial charge in [-0.05, 0) is 25.0 Å². The number of anilines is 1. The molecule has 1 aliphatic heterocycles. The Morgan fingerprint density at radius 3 is 2.76 bits per heavy atom. The van der Waals surface area contributed by atoms with Crippen molar-refractivity contribution in [3.8, 4) is 0 Å². The number of aromatic nitrogens is 1. The molecule has 0 saturated carbocycles. The number of rotatable bonds is 4. The maximum absolute atomic E-state index is 12.1. The minimum Gasteiger partial charge on any atom is -0.397 e. The fraction of sp³-hybridized carbons (Fsp3) is 0.462. The third-order valence-electron chi connectivity index (χ3n) is 3.49. The van der Waals surface area contributed by atoms with Crippen molar-refractivity contribution in [2.45, 2.75) is 17.9 Å². The first kappa shape index (κ1) is 15.6. The van der Waals surface area contributed by atoms with Crippen LogP contribution in [0.3, 0.4) is 0 Å². The van der Waals surface area contributed by atoms with Crippen LogP contribution in [0.4, 0.5) is 5.69 Å². The smallest absolute Gasteiger partial charge is 0.237 e. The number of nitrogens with two attached hydrogens (primary N) is 2. The van der Waals surface area contributed by atoms with Crippen molar-refractivity contribution in [1.29, 1.82) is 0 Å². The Morgan fingerprint density at radius 1 is 1.43 bits per heavy atom. The van der Waals surface area contributed by atoms with Gasteiger partial charge in [0.2, 0.25) is 11.8 Å². The molecule has 2 amide bonds. The maximum atomic E-state index is 12.1. The first-order valence-corrected chi connectivity index (χ1v) is 7.72. The number of hydrogen-bond acceptors (Lipinski definition) is 6. The molecule has 2 rings (SSSR count). The highest BCUT2D eigenvalue weighted by Gasteiger charge is 2.26. The van der Waals surface area contributed by atoms with Crippen LogP contribution < -0.4 is 17.0 Å². The molecule has 0 unspecified atom stereocenters. The van der Waals surface area contributed by atoms with Gasteiger partial charge >= 0.3 is 0 Å². The first-order chi connectivity index (χ1) is 10.1. The van der Waals surface area contributed by atoms with Crippen molar-refractivity contribution in [2.24, 2.45) is 11.8 Å². The van der Waals surface area contributed by atoms with Gasteiger partial charge in [0.15, 0.2) is 0 Å². The zero-order valence-corrected chi connectivity index (χ0v) is 12.4. The van der Waals surface area contributed by atoms with Crippen LogP contribution in [0.1, 0.15) is 12.8 Å². The molecular weight excluding hydrogens is 290 g/mol. The number of carbonyl (C=O) groups is 2. The van der Waals surface area contributed by atoms with E-state index >= 15 is 0 Å². The molecule has 1 aromatic rings. The number of hydrazine groups is 1. The van der Waals surface area contributed by atoms with E-state index in [1.807, 2.05) is 0 Å². The van der Waals surface area contributed by atoms with Crippen LogP contribution in [-0.2, 0) is 9.59 Å². The normalized spacial score (nSPS) is 15.8. The number of nitrogens with one attached hydrogen (secondary N) is 1. The van der Waals surface area contributed by atoms with Crippen LogP contribution in [0, 0.1) is 5.92 Å². The number of nitrogen functional groups attached to an aromatic ring is 1. The van der Waals surface area contributed by atoms with Gasteiger partial charge in [0.05, 0.1) is 11.4 Å². The third-order valence-corrected chi connectivity index (χ3v) is 4.50. The van der Waals surface area contributed by atoms with Gasteiger partial charge < -0.3 is 10.6 Å². The lowest BCUT2D eigenvalue weighted by atomic mass is 9.96. The molecular formula is C13H19N5O2S. The predicted octanol–water partition coefficient (Wildman–Crippen LogP) is -0.0156. The quantitative estimate of drug-likeness (QED) is 0.312. The topological polar surface area (TPSA) is 114 Å². The van der Waals surface area contributed by atoms with E-state index in [4.69, 9.17) is 11.6 Å². The van der Waals surface area contributed by atoms with Crippen molar-refractivity contribution < 1.29 is 9.59 Å². The third kappa shape index (κ3) is 4.08. The summed E-state index contributed by atoms with van der Waals surface area (Å²) in [5.41, 5.74) is 8.53. The van der Waals surface area contributed by atoms with E-state index in [0.29, 0.717) is 42.4 Å². The SMILES string of the molecule is NNC(=O)C1CCN(C(=O)CSc2ncccc2N)CC1. The van der Waals surface area contributed by atoms with E-state index in [2.05, 4.69) is 10.4 Å². The van der Waals surface area contributed by atoms with Crippen molar-refractivity contribution in [1.82, 2.24) is 15.3 Å². The van der Waals surface area contributed by atoms with E-state index in [9.17, 15) is 9.59 Å². The summed E-state index contributed by atoms with van der Waals surface area (Å²) >= 11 is 1.33. The molecule has 2 heterocycles. The minimum absolute atomic E-state index is 0.0386. The van der Waals surface area contributed by atoms with Gasteiger partial charge in [0.1, 0.15) is 5.03 Å². The van der Waals surface area contributed by atoms with Crippen LogP contribution in [-0.4, -0.2) is 40.5 Å². The summed E-state index contributed by atoms with van der Waals surface area (Å²) in [5, 5.41) is 0.670. The van der Waals surface area contributed by atoms with Crippen molar-refractivity contribution in [3.63, 3.8) is 0 Å². The lowest BCUT2D eigenvalue weighted by Gasteiger charge is -2.31. The highest BCUT2D eigenvalue weighted by molar-refractivity contribution is 8.00. The average Bonchev–Trinajstić information content (AvgIpc) is 2.53. The second-order valence-corrected chi connectivity index (χ2v) is 5.81. The van der Waals surface area contributed by atoms with Crippen LogP contribution in [0.15, 0.2) is 23.4 Å². The lowest BCUT2D eigenvalue weighted by Crippen LogP contribution is -2.45. The Kier molecular flexibility index (Phi) is 5.40. The molecule has 0 aliphatic carbocycles. The monoisotopic (exact) mass is 309 g/mol. The molecule has 21 heavy (non-hydrogen) atoms. The highest BCUT2D eigenvalue weighted by Crippen LogP contribution is 2.23. The first-order valence-electron chi connectivity index (χ1n) is 6.73. The zero-order chi connectivity index (χ0) is 15.2. The number of carbonyl (C=O) groups excluding carboxylic acids is 2. The predicted molar refractivity (Wildman–Crippen MR) is 81.0 cm³/mol. The number of hydrogen-bond donors (Lipinski definition) is 3. The summed E-state index contributed by atoms with van der Waals surface area (Å²) in [4.78, 5) is 29.5. The van der Waals surface area contributed by atoms with Gasteiger partial charge in [-0.2, -0.15) is 0 Å². The Morgan fingerprint density at radius 2 is 2.14 bits per heavy atom. The van der Waals surface area contributed by atoms with E-state index in [-0.39, 0.29) is 17.7 Å². The molecule has 114 valence electrons. The van der Waals surface area contributed by atoms with Gasteiger partial charge in [-0.25, -0.2) is 10.8 Å². The van der Waals surface area contributed by atoms with Gasteiger partial charge in [-0.1, -0.05) is 11.8 Å². The van der Waals surface area contributed by atoms with Crippen LogP contribution >= 0.6 is 11.8 Å². The number of piperidine rings is 1. The summed E-state index contributed by atoms with van der Waals surface area (Å²) < 4.78 is 0. The standard InChI is InChI=1S/C13H19N5O2S/c14-10-2-1-5-16-13(10)21-8-11(19)18-6-3-9(4-7-18)12(20)17-15/h1-2,5,9H,3-4,6-8,14-15H2,(H,17,20). The van der Waals surface area contributed by atoms with Crippen molar-refractivity contribution >= 4 is 29.3 Å².